The Morgan fingerprint density at radius 3 is 2.34 bits per heavy atom. The fraction of sp³-hybridized carbons (Fsp3) is 0.233. The zero-order valence-corrected chi connectivity index (χ0v) is 29.4. The molecule has 6 aromatic rings. The Morgan fingerprint density at radius 2 is 1.57 bits per heavy atom. The summed E-state index contributed by atoms with van der Waals surface area (Å²) in [6.07, 6.45) is 1.91. The number of fused-ring (bicyclic) bond motifs is 1. The molecule has 10 nitrogen and oxygen atoms in total. The zero-order valence-electron chi connectivity index (χ0n) is 29.4. The second-order valence-electron chi connectivity index (χ2n) is 13.2. The first-order valence-electron chi connectivity index (χ1n) is 17.7. The third-order valence-electron chi connectivity index (χ3n) is 9.51. The molecule has 53 heavy (non-hydrogen) atoms. The van der Waals surface area contributed by atoms with Crippen LogP contribution in [0.4, 0.5) is 4.79 Å². The van der Waals surface area contributed by atoms with E-state index in [4.69, 9.17) is 14.2 Å². The lowest BCUT2D eigenvalue weighted by molar-refractivity contribution is -0.252. The highest BCUT2D eigenvalue weighted by atomic mass is 16.7. The molecule has 4 unspecified atom stereocenters. The number of amides is 2. The maximum Gasteiger partial charge on any atom is 0.328 e. The van der Waals surface area contributed by atoms with Crippen LogP contribution < -0.4 is 10.6 Å². The Morgan fingerprint density at radius 1 is 0.830 bits per heavy atom. The molecule has 5 aromatic carbocycles. The number of hydrogen-bond acceptors (Lipinski definition) is 7. The number of carbonyl (C=O) groups excluding carboxylic acids is 2. The van der Waals surface area contributed by atoms with E-state index < -0.39 is 24.3 Å². The van der Waals surface area contributed by atoms with Crippen molar-refractivity contribution in [3.05, 3.63) is 162 Å². The molecule has 0 spiro atoms. The summed E-state index contributed by atoms with van der Waals surface area (Å²) >= 11 is 0. The van der Waals surface area contributed by atoms with E-state index >= 15 is 0 Å². The Labute approximate surface area is 308 Å². The number of nitrogens with zero attached hydrogens (tertiary/aromatic N) is 2. The van der Waals surface area contributed by atoms with E-state index in [1.165, 1.54) is 7.11 Å². The summed E-state index contributed by atoms with van der Waals surface area (Å²) in [5.41, 5.74) is 8.59. The quantitative estimate of drug-likeness (QED) is 0.117. The van der Waals surface area contributed by atoms with Gasteiger partial charge in [-0.15, -0.1) is 0 Å². The summed E-state index contributed by atoms with van der Waals surface area (Å²) in [7, 11) is 1.31. The maximum atomic E-state index is 12.8. The van der Waals surface area contributed by atoms with Gasteiger partial charge >= 0.3 is 12.0 Å². The number of benzene rings is 5. The number of hydrogen-bond donors (Lipinski definition) is 3. The molecule has 4 atom stereocenters. The van der Waals surface area contributed by atoms with Gasteiger partial charge in [-0.2, -0.15) is 0 Å². The monoisotopic (exact) mass is 710 g/mol. The normalized spacial score (nSPS) is 17.6. The molecule has 1 aliphatic rings. The number of aromatic nitrogens is 2. The first kappa shape index (κ1) is 35.6. The van der Waals surface area contributed by atoms with E-state index in [1.54, 1.807) is 0 Å². The van der Waals surface area contributed by atoms with Crippen LogP contribution in [-0.4, -0.2) is 45.9 Å². The molecule has 10 heteroatoms. The summed E-state index contributed by atoms with van der Waals surface area (Å²) in [6, 6.07) is 40.3. The van der Waals surface area contributed by atoms with E-state index in [9.17, 15) is 14.7 Å². The number of rotatable bonds is 12. The van der Waals surface area contributed by atoms with Gasteiger partial charge in [0.05, 0.1) is 49.8 Å². The van der Waals surface area contributed by atoms with Crippen molar-refractivity contribution in [1.29, 1.82) is 0 Å². The number of ether oxygens (including phenoxy) is 3. The van der Waals surface area contributed by atoms with Crippen molar-refractivity contribution < 1.29 is 28.9 Å². The number of esters is 1. The number of carbonyl (C=O) groups is 2. The van der Waals surface area contributed by atoms with Crippen LogP contribution >= 0.6 is 0 Å². The lowest BCUT2D eigenvalue weighted by Crippen LogP contribution is -2.47. The predicted octanol–water partition coefficient (Wildman–Crippen LogP) is 7.02. The van der Waals surface area contributed by atoms with Gasteiger partial charge in [-0.3, -0.25) is 0 Å². The zero-order chi connectivity index (χ0) is 36.6. The van der Waals surface area contributed by atoms with E-state index in [-0.39, 0.29) is 25.4 Å². The molecule has 270 valence electrons. The molecule has 7 rings (SSSR count). The Bertz CT molecular complexity index is 2130. The van der Waals surface area contributed by atoms with Crippen LogP contribution in [0.5, 0.6) is 0 Å². The smallest absolute Gasteiger partial charge is 0.328 e. The number of urea groups is 1. The van der Waals surface area contributed by atoms with E-state index in [2.05, 4.69) is 26.3 Å². The van der Waals surface area contributed by atoms with Gasteiger partial charge in [-0.1, -0.05) is 109 Å². The van der Waals surface area contributed by atoms with Crippen molar-refractivity contribution in [1.82, 2.24) is 20.2 Å². The molecule has 1 aliphatic heterocycles. The minimum atomic E-state index is -0.812. The van der Waals surface area contributed by atoms with Crippen LogP contribution in [-0.2, 0) is 45.1 Å². The topological polar surface area (TPSA) is 124 Å². The molecule has 0 aliphatic carbocycles. The highest BCUT2D eigenvalue weighted by Crippen LogP contribution is 2.39. The van der Waals surface area contributed by atoms with Gasteiger partial charge in [0.1, 0.15) is 6.04 Å². The molecule has 1 saturated heterocycles. The van der Waals surface area contributed by atoms with Crippen molar-refractivity contribution >= 4 is 23.0 Å². The molecular weight excluding hydrogens is 668 g/mol. The van der Waals surface area contributed by atoms with Crippen LogP contribution in [0.15, 0.2) is 134 Å². The van der Waals surface area contributed by atoms with Crippen molar-refractivity contribution in [2.24, 2.45) is 0 Å². The molecular formula is C43H42N4O6. The number of para-hydroxylation sites is 2. The standard InChI is InChI=1S/C43H42N4O6/c1-51-41(49)38(23-29-8-3-2-4-9-29)46-43(50)44-25-31-10-7-11-35(22-31)32-18-20-34(21-19-32)42-52-36(26-47-28-45-37-12-5-6-13-39(37)47)24-40(53-42)33-16-14-30(27-48)15-17-33/h2-22,28,36,38,40,42,48H,23-27H2,1H3,(H2,44,46,50). The van der Waals surface area contributed by atoms with E-state index in [0.717, 1.165) is 50.0 Å². The SMILES string of the molecule is COC(=O)C(Cc1ccccc1)NC(=O)NCc1cccc(-c2ccc(C3OC(Cn4cnc5ccccc54)CC(c4ccc(CO)cc4)O3)cc2)c1. The van der Waals surface area contributed by atoms with Crippen molar-refractivity contribution in [2.45, 2.75) is 57.1 Å². The largest absolute Gasteiger partial charge is 0.467 e. The first-order chi connectivity index (χ1) is 25.9. The average molecular weight is 711 g/mol. The highest BCUT2D eigenvalue weighted by Gasteiger charge is 2.32. The average Bonchev–Trinajstić information content (AvgIpc) is 3.62. The fourth-order valence-electron chi connectivity index (χ4n) is 6.68. The molecule has 2 heterocycles. The van der Waals surface area contributed by atoms with E-state index in [0.29, 0.717) is 19.4 Å². The summed E-state index contributed by atoms with van der Waals surface area (Å²) in [4.78, 5) is 29.8. The predicted molar refractivity (Wildman–Crippen MR) is 201 cm³/mol. The van der Waals surface area contributed by atoms with Crippen molar-refractivity contribution in [2.75, 3.05) is 7.11 Å². The molecule has 2 amide bonds. The molecule has 1 aromatic heterocycles. The lowest BCUT2D eigenvalue weighted by Gasteiger charge is -2.36. The highest BCUT2D eigenvalue weighted by molar-refractivity contribution is 5.83. The summed E-state index contributed by atoms with van der Waals surface area (Å²) < 4.78 is 20.2. The van der Waals surface area contributed by atoms with Gasteiger partial charge in [0.2, 0.25) is 0 Å². The molecule has 0 saturated carbocycles. The fourth-order valence-corrected chi connectivity index (χ4v) is 6.68. The minimum Gasteiger partial charge on any atom is -0.467 e. The second-order valence-corrected chi connectivity index (χ2v) is 13.2. The molecule has 0 radical (unpaired) electrons. The Balaban J connectivity index is 1.03. The van der Waals surface area contributed by atoms with Crippen LogP contribution in [0.25, 0.3) is 22.2 Å². The van der Waals surface area contributed by atoms with Crippen LogP contribution in [0, 0.1) is 0 Å². The van der Waals surface area contributed by atoms with Crippen LogP contribution in [0.1, 0.15) is 46.6 Å². The lowest BCUT2D eigenvalue weighted by atomic mass is 9.99. The molecule has 1 fully saturated rings. The minimum absolute atomic E-state index is 0.0123. The summed E-state index contributed by atoms with van der Waals surface area (Å²) in [6.45, 7) is 0.884. The van der Waals surface area contributed by atoms with Gasteiger partial charge in [-0.25, -0.2) is 14.6 Å². The maximum absolute atomic E-state index is 12.8. The third-order valence-corrected chi connectivity index (χ3v) is 9.51. The van der Waals surface area contributed by atoms with Crippen molar-refractivity contribution in [3.8, 4) is 11.1 Å². The number of imidazole rings is 1. The van der Waals surface area contributed by atoms with Gasteiger partial charge in [0.15, 0.2) is 6.29 Å². The second kappa shape index (κ2) is 16.7. The van der Waals surface area contributed by atoms with Crippen molar-refractivity contribution in [3.63, 3.8) is 0 Å². The van der Waals surface area contributed by atoms with E-state index in [1.807, 2.05) is 128 Å². The number of methoxy groups -OCH3 is 1. The number of nitrogens with one attached hydrogen (secondary N) is 2. The third kappa shape index (κ3) is 8.81. The van der Waals surface area contributed by atoms with Gasteiger partial charge in [-0.05, 0) is 51.6 Å². The summed E-state index contributed by atoms with van der Waals surface area (Å²) in [5, 5.41) is 15.2. The van der Waals surface area contributed by atoms with Gasteiger partial charge < -0.3 is 34.5 Å². The first-order valence-corrected chi connectivity index (χ1v) is 17.7. The number of aliphatic hydroxyl groups excluding tert-OH is 1. The molecule has 3 N–H and O–H groups in total. The van der Waals surface area contributed by atoms with Crippen LogP contribution in [0.3, 0.4) is 0 Å². The Kier molecular flexibility index (Phi) is 11.2. The van der Waals surface area contributed by atoms with Crippen LogP contribution in [0.2, 0.25) is 0 Å². The number of aliphatic hydroxyl groups is 1. The Hall–Kier alpha value is -5.81. The molecule has 0 bridgehead atoms. The van der Waals surface area contributed by atoms with Gasteiger partial charge in [0, 0.05) is 24.9 Å². The van der Waals surface area contributed by atoms with Gasteiger partial charge in [0.25, 0.3) is 0 Å². The summed E-state index contributed by atoms with van der Waals surface area (Å²) in [5.74, 6) is -0.506.